The highest BCUT2D eigenvalue weighted by Crippen LogP contribution is 2.69. The largest absolute Gasteiger partial charge is 0.0680 e. The van der Waals surface area contributed by atoms with E-state index >= 15 is 0 Å². The van der Waals surface area contributed by atoms with E-state index in [9.17, 15) is 0 Å². The van der Waals surface area contributed by atoms with Crippen LogP contribution in [-0.4, -0.2) is 22.6 Å². The molecule has 1 aromatic carbocycles. The van der Waals surface area contributed by atoms with Gasteiger partial charge in [0.1, 0.15) is 0 Å². The van der Waals surface area contributed by atoms with Crippen LogP contribution in [0.2, 0.25) is 0 Å². The minimum atomic E-state index is 0.124. The maximum atomic E-state index is 2.57. The summed E-state index contributed by atoms with van der Waals surface area (Å²) >= 11 is 0. The number of hydrogen-bond acceptors (Lipinski definition) is 0. The zero-order valence-electron chi connectivity index (χ0n) is 14.8. The summed E-state index contributed by atoms with van der Waals surface area (Å²) in [7, 11) is 0.274. The van der Waals surface area contributed by atoms with E-state index in [1.807, 2.05) is 10.6 Å². The standard InChI is InChI=1S/C21H30P2/c1-13-10-16-8-9-17(13)22(16)18-6-4-5-7-19(18)23-20-12-15(3)21(23)11-14(20)2/h4-7,13-17,20-21H,8-12H2,1-3H3/t13-,14-,15-,16?,17?,20?,21?,22?,23?/m0/s1. The predicted molar refractivity (Wildman–Crippen MR) is 105 cm³/mol. The first-order valence-corrected chi connectivity index (χ1v) is 12.8. The van der Waals surface area contributed by atoms with Crippen LogP contribution in [0.25, 0.3) is 0 Å². The van der Waals surface area contributed by atoms with Crippen LogP contribution in [0.1, 0.15) is 52.9 Å². The summed E-state index contributed by atoms with van der Waals surface area (Å²) in [5, 5.41) is 3.76. The summed E-state index contributed by atoms with van der Waals surface area (Å²) in [5.41, 5.74) is 4.20. The van der Waals surface area contributed by atoms with Crippen molar-refractivity contribution in [2.24, 2.45) is 17.8 Å². The van der Waals surface area contributed by atoms with Crippen molar-refractivity contribution in [3.05, 3.63) is 24.3 Å². The van der Waals surface area contributed by atoms with Crippen LogP contribution in [-0.2, 0) is 0 Å². The normalized spacial score (nSPS) is 50.8. The van der Waals surface area contributed by atoms with Gasteiger partial charge in [-0.15, -0.1) is 0 Å². The topological polar surface area (TPSA) is 0 Å². The van der Waals surface area contributed by atoms with Gasteiger partial charge in [-0.05, 0) is 83.1 Å². The lowest BCUT2D eigenvalue weighted by molar-refractivity contribution is 0.365. The molecule has 0 N–H and O–H groups in total. The van der Waals surface area contributed by atoms with Crippen molar-refractivity contribution >= 4 is 26.5 Å². The second kappa shape index (κ2) is 5.54. The van der Waals surface area contributed by atoms with Gasteiger partial charge in [0.25, 0.3) is 0 Å². The summed E-state index contributed by atoms with van der Waals surface area (Å²) in [6.07, 6.45) is 7.64. The molecule has 4 bridgehead atoms. The van der Waals surface area contributed by atoms with Crippen LogP contribution in [0.15, 0.2) is 24.3 Å². The van der Waals surface area contributed by atoms with E-state index in [1.54, 1.807) is 0 Å². The molecule has 5 unspecified atom stereocenters. The maximum absolute atomic E-state index is 2.57. The fourth-order valence-electron chi connectivity index (χ4n) is 6.48. The third kappa shape index (κ3) is 2.17. The Morgan fingerprint density at radius 2 is 1.26 bits per heavy atom. The second-order valence-electron chi connectivity index (χ2n) is 8.88. The van der Waals surface area contributed by atoms with E-state index in [0.29, 0.717) is 0 Å². The third-order valence-electron chi connectivity index (χ3n) is 7.54. The molecule has 0 spiro atoms. The van der Waals surface area contributed by atoms with Crippen LogP contribution in [0.5, 0.6) is 0 Å². The van der Waals surface area contributed by atoms with Crippen molar-refractivity contribution in [3.63, 3.8) is 0 Å². The van der Waals surface area contributed by atoms with Crippen LogP contribution in [0, 0.1) is 17.8 Å². The Balaban J connectivity index is 1.56. The maximum Gasteiger partial charge on any atom is -0.0137 e. The molecule has 0 aliphatic carbocycles. The molecule has 4 saturated heterocycles. The van der Waals surface area contributed by atoms with Crippen molar-refractivity contribution in [1.29, 1.82) is 0 Å². The zero-order valence-corrected chi connectivity index (χ0v) is 16.6. The van der Waals surface area contributed by atoms with Crippen molar-refractivity contribution in [2.75, 3.05) is 0 Å². The van der Waals surface area contributed by atoms with E-state index in [1.165, 1.54) is 32.1 Å². The van der Waals surface area contributed by atoms with E-state index in [0.717, 1.165) is 40.4 Å². The van der Waals surface area contributed by atoms with Gasteiger partial charge in [-0.2, -0.15) is 0 Å². The number of rotatable bonds is 2. The molecule has 0 radical (unpaired) electrons. The quantitative estimate of drug-likeness (QED) is 0.640. The second-order valence-corrected chi connectivity index (χ2v) is 14.2. The highest BCUT2D eigenvalue weighted by atomic mass is 31.1. The fraction of sp³-hybridized carbons (Fsp3) is 0.714. The molecule has 23 heavy (non-hydrogen) atoms. The molecule has 0 saturated carbocycles. The minimum Gasteiger partial charge on any atom is -0.0680 e. The Kier molecular flexibility index (Phi) is 3.70. The molecule has 1 aromatic rings. The lowest BCUT2D eigenvalue weighted by atomic mass is 9.84. The van der Waals surface area contributed by atoms with Crippen molar-refractivity contribution in [1.82, 2.24) is 0 Å². The average molecular weight is 344 g/mol. The molecule has 124 valence electrons. The van der Waals surface area contributed by atoms with E-state index in [4.69, 9.17) is 0 Å². The molecule has 0 aromatic heterocycles. The first-order valence-electron chi connectivity index (χ1n) is 9.81. The first kappa shape index (κ1) is 15.3. The highest BCUT2D eigenvalue weighted by Gasteiger charge is 2.52. The molecule has 8 atom stereocenters. The molecular formula is C21H30P2. The molecule has 4 aliphatic rings. The summed E-state index contributed by atoms with van der Waals surface area (Å²) in [4.78, 5) is 0. The SMILES string of the molecule is C[C@H]1CC2CCC1P2c1ccccc1P1C2C[C@H](C)C1C[C@@H]2C. The summed E-state index contributed by atoms with van der Waals surface area (Å²) in [5.74, 6) is 2.98. The molecular weight excluding hydrogens is 314 g/mol. The Morgan fingerprint density at radius 1 is 0.696 bits per heavy atom. The van der Waals surface area contributed by atoms with Gasteiger partial charge < -0.3 is 0 Å². The zero-order chi connectivity index (χ0) is 15.7. The van der Waals surface area contributed by atoms with Crippen LogP contribution in [0.3, 0.4) is 0 Å². The molecule has 0 nitrogen and oxygen atoms in total. The molecule has 0 amide bonds. The van der Waals surface area contributed by atoms with Gasteiger partial charge in [0, 0.05) is 0 Å². The summed E-state index contributed by atoms with van der Waals surface area (Å²) in [6, 6.07) is 9.84. The Labute approximate surface area is 144 Å². The summed E-state index contributed by atoms with van der Waals surface area (Å²) < 4.78 is 0. The lowest BCUT2D eigenvalue weighted by Gasteiger charge is -2.27. The lowest BCUT2D eigenvalue weighted by Crippen LogP contribution is -2.27. The molecule has 4 aliphatic heterocycles. The Bertz CT molecular complexity index is 596. The number of hydrogen-bond donors (Lipinski definition) is 0. The number of fused-ring (bicyclic) bond motifs is 4. The smallest absolute Gasteiger partial charge is 0.0137 e. The average Bonchev–Trinajstić information content (AvgIpc) is 3.24. The van der Waals surface area contributed by atoms with Gasteiger partial charge in [-0.3, -0.25) is 0 Å². The predicted octanol–water partition coefficient (Wildman–Crippen LogP) is 5.29. The summed E-state index contributed by atoms with van der Waals surface area (Å²) in [6.45, 7) is 7.62. The van der Waals surface area contributed by atoms with Gasteiger partial charge in [0.15, 0.2) is 0 Å². The fourth-order valence-corrected chi connectivity index (χ4v) is 15.4. The van der Waals surface area contributed by atoms with Gasteiger partial charge in [0.05, 0.1) is 0 Å². The van der Waals surface area contributed by atoms with E-state index in [2.05, 4.69) is 45.0 Å². The molecule has 5 rings (SSSR count). The Morgan fingerprint density at radius 3 is 1.78 bits per heavy atom. The van der Waals surface area contributed by atoms with Gasteiger partial charge in [-0.1, -0.05) is 60.9 Å². The molecule has 2 heteroatoms. The van der Waals surface area contributed by atoms with Crippen molar-refractivity contribution < 1.29 is 0 Å². The van der Waals surface area contributed by atoms with Crippen LogP contribution >= 0.6 is 15.8 Å². The number of benzene rings is 1. The van der Waals surface area contributed by atoms with Gasteiger partial charge in [0.2, 0.25) is 0 Å². The molecule has 4 heterocycles. The van der Waals surface area contributed by atoms with Crippen LogP contribution in [0.4, 0.5) is 0 Å². The van der Waals surface area contributed by atoms with E-state index in [-0.39, 0.29) is 15.8 Å². The first-order chi connectivity index (χ1) is 11.1. The third-order valence-corrected chi connectivity index (χ3v) is 15.2. The van der Waals surface area contributed by atoms with E-state index < -0.39 is 0 Å². The minimum absolute atomic E-state index is 0.124. The van der Waals surface area contributed by atoms with Gasteiger partial charge in [-0.25, -0.2) is 0 Å². The molecule has 4 fully saturated rings. The highest BCUT2D eigenvalue weighted by molar-refractivity contribution is 7.74. The van der Waals surface area contributed by atoms with Crippen molar-refractivity contribution in [2.45, 2.75) is 75.5 Å². The van der Waals surface area contributed by atoms with Gasteiger partial charge >= 0.3 is 0 Å². The Hall–Kier alpha value is 0.0800. The van der Waals surface area contributed by atoms with Crippen LogP contribution < -0.4 is 10.6 Å². The van der Waals surface area contributed by atoms with Crippen molar-refractivity contribution in [3.8, 4) is 0 Å². The monoisotopic (exact) mass is 344 g/mol.